The zero-order valence-corrected chi connectivity index (χ0v) is 21.5. The number of H-pyrrole nitrogens is 1. The molecule has 3 aromatic carbocycles. The first-order valence-corrected chi connectivity index (χ1v) is 13.0. The highest BCUT2D eigenvalue weighted by molar-refractivity contribution is 6.06. The lowest BCUT2D eigenvalue weighted by molar-refractivity contribution is -0.137. The number of anilines is 2. The number of tetrazole rings is 1. The number of carbonyl (C=O) groups is 2. The van der Waals surface area contributed by atoms with Gasteiger partial charge in [-0.15, -0.1) is 5.10 Å². The summed E-state index contributed by atoms with van der Waals surface area (Å²) in [4.78, 5) is 27.5. The van der Waals surface area contributed by atoms with Gasteiger partial charge in [0.25, 0.3) is 17.8 Å². The molecule has 0 radical (unpaired) electrons. The Kier molecular flexibility index (Phi) is 7.90. The first-order valence-electron chi connectivity index (χ1n) is 13.0. The second-order valence-corrected chi connectivity index (χ2v) is 9.78. The molecule has 8 nitrogen and oxygen atoms in total. The fourth-order valence-corrected chi connectivity index (χ4v) is 4.96. The number of carbonyl (C=O) groups excluding carboxylic acids is 2. The van der Waals surface area contributed by atoms with Crippen molar-refractivity contribution in [2.75, 3.05) is 10.2 Å². The van der Waals surface area contributed by atoms with Crippen LogP contribution in [0.2, 0.25) is 0 Å². The second-order valence-electron chi connectivity index (χ2n) is 9.78. The van der Waals surface area contributed by atoms with Crippen LogP contribution in [-0.2, 0) is 12.7 Å². The number of aromatic amines is 1. The largest absolute Gasteiger partial charge is 0.416 e. The molecule has 0 aliphatic heterocycles. The van der Waals surface area contributed by atoms with E-state index in [0.29, 0.717) is 22.7 Å². The SMILES string of the molecule is O=C(Nc1nn[nH]n1)c1ccc(CN(C(=O)c2cccc(C(F)(F)F)c2)c2ccc(C3CCCCC3)cc2)cc1. The number of rotatable bonds is 7. The fraction of sp³-hybridized carbons (Fsp3) is 0.276. The number of halogens is 3. The van der Waals surface area contributed by atoms with Crippen molar-refractivity contribution in [2.24, 2.45) is 0 Å². The van der Waals surface area contributed by atoms with E-state index in [-0.39, 0.29) is 18.1 Å². The average Bonchev–Trinajstić information content (AvgIpc) is 3.49. The molecule has 1 aromatic heterocycles. The van der Waals surface area contributed by atoms with Crippen molar-refractivity contribution < 1.29 is 22.8 Å². The fourth-order valence-electron chi connectivity index (χ4n) is 4.96. The minimum absolute atomic E-state index is 0.0311. The van der Waals surface area contributed by atoms with Crippen molar-refractivity contribution in [1.29, 1.82) is 0 Å². The Hall–Kier alpha value is -4.54. The molecule has 1 saturated carbocycles. The Balaban J connectivity index is 1.41. The van der Waals surface area contributed by atoms with E-state index in [9.17, 15) is 22.8 Å². The predicted octanol–water partition coefficient (Wildman–Crippen LogP) is 6.37. The molecule has 1 heterocycles. The molecule has 5 rings (SSSR count). The van der Waals surface area contributed by atoms with Crippen LogP contribution in [0, 0.1) is 0 Å². The Morgan fingerprint density at radius 1 is 0.925 bits per heavy atom. The van der Waals surface area contributed by atoms with Gasteiger partial charge >= 0.3 is 6.18 Å². The van der Waals surface area contributed by atoms with Crippen molar-refractivity contribution in [3.8, 4) is 0 Å². The van der Waals surface area contributed by atoms with Crippen LogP contribution in [0.4, 0.5) is 24.8 Å². The van der Waals surface area contributed by atoms with Gasteiger partial charge in [-0.05, 0) is 77.6 Å². The number of hydrogen-bond donors (Lipinski definition) is 2. The maximum atomic E-state index is 13.6. The van der Waals surface area contributed by atoms with Crippen LogP contribution in [0.3, 0.4) is 0 Å². The summed E-state index contributed by atoms with van der Waals surface area (Å²) in [5.41, 5.74) is 1.84. The summed E-state index contributed by atoms with van der Waals surface area (Å²) in [6, 6.07) is 18.7. The van der Waals surface area contributed by atoms with Gasteiger partial charge in [0, 0.05) is 16.8 Å². The average molecular weight is 549 g/mol. The molecule has 206 valence electrons. The van der Waals surface area contributed by atoms with E-state index in [0.717, 1.165) is 25.0 Å². The third kappa shape index (κ3) is 6.36. The second kappa shape index (κ2) is 11.7. The van der Waals surface area contributed by atoms with E-state index >= 15 is 0 Å². The third-order valence-corrected chi connectivity index (χ3v) is 7.09. The van der Waals surface area contributed by atoms with E-state index in [1.807, 2.05) is 24.3 Å². The molecular formula is C29H27F3N6O2. The molecule has 2 amide bonds. The lowest BCUT2D eigenvalue weighted by Gasteiger charge is -2.26. The number of nitrogens with one attached hydrogen (secondary N) is 2. The van der Waals surface area contributed by atoms with Crippen molar-refractivity contribution in [2.45, 2.75) is 50.7 Å². The molecule has 0 unspecified atom stereocenters. The first kappa shape index (κ1) is 27.0. The van der Waals surface area contributed by atoms with Crippen LogP contribution in [0.15, 0.2) is 72.8 Å². The highest BCUT2D eigenvalue weighted by Gasteiger charge is 2.31. The number of hydrogen-bond acceptors (Lipinski definition) is 5. The van der Waals surface area contributed by atoms with E-state index in [1.54, 1.807) is 24.3 Å². The molecule has 0 saturated heterocycles. The van der Waals surface area contributed by atoms with Crippen molar-refractivity contribution >= 4 is 23.5 Å². The number of benzene rings is 3. The van der Waals surface area contributed by atoms with Gasteiger partial charge in [0.15, 0.2) is 0 Å². The lowest BCUT2D eigenvalue weighted by Crippen LogP contribution is -2.30. The minimum atomic E-state index is -4.57. The van der Waals surface area contributed by atoms with E-state index in [4.69, 9.17) is 0 Å². The van der Waals surface area contributed by atoms with E-state index < -0.39 is 23.6 Å². The Labute approximate surface area is 228 Å². The summed E-state index contributed by atoms with van der Waals surface area (Å²) in [5.74, 6) is -0.497. The van der Waals surface area contributed by atoms with Crippen LogP contribution in [0.25, 0.3) is 0 Å². The summed E-state index contributed by atoms with van der Waals surface area (Å²) < 4.78 is 40.1. The van der Waals surface area contributed by atoms with Crippen molar-refractivity contribution in [3.05, 3.63) is 101 Å². The molecule has 0 spiro atoms. The molecule has 40 heavy (non-hydrogen) atoms. The van der Waals surface area contributed by atoms with Gasteiger partial charge in [0.05, 0.1) is 12.1 Å². The molecule has 4 aromatic rings. The zero-order valence-electron chi connectivity index (χ0n) is 21.5. The topological polar surface area (TPSA) is 104 Å². The Morgan fingerprint density at radius 3 is 2.30 bits per heavy atom. The van der Waals surface area contributed by atoms with Gasteiger partial charge in [-0.25, -0.2) is 0 Å². The van der Waals surface area contributed by atoms with E-state index in [2.05, 4.69) is 25.9 Å². The first-order chi connectivity index (χ1) is 19.3. The molecule has 2 N–H and O–H groups in total. The van der Waals surface area contributed by atoms with Gasteiger partial charge in [-0.2, -0.15) is 18.4 Å². The highest BCUT2D eigenvalue weighted by atomic mass is 19.4. The third-order valence-electron chi connectivity index (χ3n) is 7.09. The Bertz CT molecular complexity index is 1450. The minimum Gasteiger partial charge on any atom is -0.304 e. The highest BCUT2D eigenvalue weighted by Crippen LogP contribution is 2.34. The molecule has 0 bridgehead atoms. The monoisotopic (exact) mass is 548 g/mol. The van der Waals surface area contributed by atoms with Crippen LogP contribution in [0.5, 0.6) is 0 Å². The number of aromatic nitrogens is 4. The predicted molar refractivity (Wildman–Crippen MR) is 143 cm³/mol. The number of nitrogens with zero attached hydrogens (tertiary/aromatic N) is 4. The molecule has 1 aliphatic carbocycles. The summed E-state index contributed by atoms with van der Waals surface area (Å²) in [6.45, 7) is 0.0879. The van der Waals surface area contributed by atoms with Gasteiger partial charge in [-0.1, -0.05) is 54.7 Å². The molecule has 0 atom stereocenters. The summed E-state index contributed by atoms with van der Waals surface area (Å²) in [7, 11) is 0. The van der Waals surface area contributed by atoms with Crippen molar-refractivity contribution in [3.63, 3.8) is 0 Å². The van der Waals surface area contributed by atoms with Crippen molar-refractivity contribution in [1.82, 2.24) is 20.6 Å². The van der Waals surface area contributed by atoms with Crippen LogP contribution in [0.1, 0.15) is 75.4 Å². The van der Waals surface area contributed by atoms with E-state index in [1.165, 1.54) is 41.9 Å². The van der Waals surface area contributed by atoms with Gasteiger partial charge < -0.3 is 4.90 Å². The maximum Gasteiger partial charge on any atom is 0.416 e. The number of alkyl halides is 3. The van der Waals surface area contributed by atoms with Crippen LogP contribution >= 0.6 is 0 Å². The maximum absolute atomic E-state index is 13.6. The van der Waals surface area contributed by atoms with Gasteiger partial charge in [0.2, 0.25) is 0 Å². The van der Waals surface area contributed by atoms with Gasteiger partial charge in [0.1, 0.15) is 0 Å². The quantitative estimate of drug-likeness (QED) is 0.280. The van der Waals surface area contributed by atoms with Gasteiger partial charge in [-0.3, -0.25) is 14.9 Å². The molecule has 1 fully saturated rings. The van der Waals surface area contributed by atoms with Crippen LogP contribution < -0.4 is 10.2 Å². The molecule has 1 aliphatic rings. The number of amides is 2. The zero-order chi connectivity index (χ0) is 28.1. The smallest absolute Gasteiger partial charge is 0.304 e. The normalized spacial score (nSPS) is 14.1. The molecular weight excluding hydrogens is 521 g/mol. The molecule has 11 heteroatoms. The Morgan fingerprint density at radius 2 is 1.65 bits per heavy atom. The van der Waals surface area contributed by atoms with Crippen LogP contribution in [-0.4, -0.2) is 32.4 Å². The summed E-state index contributed by atoms with van der Waals surface area (Å²) in [5, 5.41) is 15.5. The summed E-state index contributed by atoms with van der Waals surface area (Å²) in [6.07, 6.45) is 1.30. The summed E-state index contributed by atoms with van der Waals surface area (Å²) >= 11 is 0. The lowest BCUT2D eigenvalue weighted by atomic mass is 9.84. The standard InChI is InChI=1S/C29H27F3N6O2/c30-29(31,32)24-8-4-7-23(17-24)27(40)38(25-15-13-21(14-16-25)20-5-2-1-3-6-20)18-19-9-11-22(12-10-19)26(39)33-28-34-36-37-35-28/h4,7-17,20H,1-3,5-6,18H2,(H2,33,34,35,36,37,39).